The zero-order valence-electron chi connectivity index (χ0n) is 7.53. The molecule has 0 atom stereocenters. The molecule has 64 valence electrons. The summed E-state index contributed by atoms with van der Waals surface area (Å²) >= 11 is 0. The number of allylic oxidation sites excluding steroid dienone is 1. The third kappa shape index (κ3) is 0.966. The molecule has 13 heavy (non-hydrogen) atoms. The van der Waals surface area contributed by atoms with Gasteiger partial charge < -0.3 is 0 Å². The van der Waals surface area contributed by atoms with Crippen LogP contribution >= 0.6 is 0 Å². The number of rotatable bonds is 0. The lowest BCUT2D eigenvalue weighted by Gasteiger charge is -2.12. The van der Waals surface area contributed by atoms with E-state index in [0.717, 1.165) is 13.0 Å². The molecule has 2 aliphatic rings. The quantitative estimate of drug-likeness (QED) is 0.524. The lowest BCUT2D eigenvalue weighted by molar-refractivity contribution is -0.454. The molecule has 0 saturated heterocycles. The smallest absolute Gasteiger partial charge is 0.192 e. The molecule has 0 saturated carbocycles. The highest BCUT2D eigenvalue weighted by molar-refractivity contribution is 6.00. The van der Waals surface area contributed by atoms with E-state index in [4.69, 9.17) is 0 Å². The SMILES string of the molecule is C1=C[N+]2=C(C1)c1ccccc1CC2. The molecule has 1 nitrogen and oxygen atoms in total. The van der Waals surface area contributed by atoms with Crippen molar-refractivity contribution in [2.75, 3.05) is 6.54 Å². The zero-order valence-corrected chi connectivity index (χ0v) is 7.53. The van der Waals surface area contributed by atoms with Gasteiger partial charge >= 0.3 is 0 Å². The summed E-state index contributed by atoms with van der Waals surface area (Å²) in [7, 11) is 0. The van der Waals surface area contributed by atoms with E-state index < -0.39 is 0 Å². The lowest BCUT2D eigenvalue weighted by atomic mass is 9.96. The van der Waals surface area contributed by atoms with Gasteiger partial charge in [0.15, 0.2) is 18.5 Å². The molecule has 1 aromatic rings. The summed E-state index contributed by atoms with van der Waals surface area (Å²) < 4.78 is 2.38. The molecular weight excluding hydrogens is 158 g/mol. The standard InChI is InChI=1S/C12H12N/c1-2-5-11-10(4-1)7-9-13-8-3-6-12(11)13/h1-5,8H,6-7,9H2/q+1. The van der Waals surface area contributed by atoms with Gasteiger partial charge in [-0.1, -0.05) is 18.2 Å². The van der Waals surface area contributed by atoms with Gasteiger partial charge in [0.25, 0.3) is 0 Å². The van der Waals surface area contributed by atoms with Gasteiger partial charge in [-0.3, -0.25) is 0 Å². The van der Waals surface area contributed by atoms with Gasteiger partial charge in [-0.2, -0.15) is 0 Å². The van der Waals surface area contributed by atoms with Crippen molar-refractivity contribution in [2.45, 2.75) is 12.8 Å². The Morgan fingerprint density at radius 1 is 1.15 bits per heavy atom. The van der Waals surface area contributed by atoms with Gasteiger partial charge in [0.2, 0.25) is 0 Å². The fourth-order valence-electron chi connectivity index (χ4n) is 2.23. The topological polar surface area (TPSA) is 3.01 Å². The summed E-state index contributed by atoms with van der Waals surface area (Å²) in [5.41, 5.74) is 4.46. The van der Waals surface area contributed by atoms with Gasteiger partial charge in [0, 0.05) is 12.0 Å². The molecule has 0 radical (unpaired) electrons. The van der Waals surface area contributed by atoms with Crippen LogP contribution in [-0.2, 0) is 6.42 Å². The molecule has 0 bridgehead atoms. The van der Waals surface area contributed by atoms with E-state index in [1.165, 1.54) is 23.3 Å². The minimum atomic E-state index is 1.11. The molecule has 0 N–H and O–H groups in total. The number of fused-ring (bicyclic) bond motifs is 2. The molecule has 0 amide bonds. The molecule has 2 aliphatic heterocycles. The average Bonchev–Trinajstić information content (AvgIpc) is 2.65. The first-order valence-corrected chi connectivity index (χ1v) is 4.82. The summed E-state index contributed by atoms with van der Waals surface area (Å²) in [6.45, 7) is 1.16. The first-order chi connectivity index (χ1) is 6.45. The van der Waals surface area contributed by atoms with E-state index >= 15 is 0 Å². The Balaban J connectivity index is 2.20. The van der Waals surface area contributed by atoms with E-state index in [1.807, 2.05) is 0 Å². The molecule has 0 aromatic heterocycles. The van der Waals surface area contributed by atoms with Crippen molar-refractivity contribution in [2.24, 2.45) is 0 Å². The van der Waals surface area contributed by atoms with Crippen LogP contribution in [0.3, 0.4) is 0 Å². The maximum Gasteiger partial charge on any atom is 0.192 e. The van der Waals surface area contributed by atoms with E-state index in [0.29, 0.717) is 0 Å². The van der Waals surface area contributed by atoms with Gasteiger partial charge in [0.1, 0.15) is 0 Å². The summed E-state index contributed by atoms with van der Waals surface area (Å²) in [5, 5.41) is 0. The number of benzene rings is 1. The first kappa shape index (κ1) is 7.07. The van der Waals surface area contributed by atoms with Crippen LogP contribution in [-0.4, -0.2) is 16.8 Å². The van der Waals surface area contributed by atoms with Crippen molar-refractivity contribution < 1.29 is 4.58 Å². The van der Waals surface area contributed by atoms with Gasteiger partial charge in [-0.15, -0.1) is 0 Å². The molecule has 3 rings (SSSR count). The molecule has 0 fully saturated rings. The molecule has 1 heteroatoms. The predicted octanol–water partition coefficient (Wildman–Crippen LogP) is 1.96. The third-order valence-corrected chi connectivity index (χ3v) is 2.89. The van der Waals surface area contributed by atoms with Gasteiger partial charge in [-0.05, 0) is 17.7 Å². The fraction of sp³-hybridized carbons (Fsp3) is 0.250. The van der Waals surface area contributed by atoms with E-state index in [-0.39, 0.29) is 0 Å². The van der Waals surface area contributed by atoms with Crippen LogP contribution in [0.15, 0.2) is 36.5 Å². The van der Waals surface area contributed by atoms with E-state index in [1.54, 1.807) is 0 Å². The Labute approximate surface area is 78.0 Å². The maximum absolute atomic E-state index is 2.38. The maximum atomic E-state index is 2.38. The first-order valence-electron chi connectivity index (χ1n) is 4.82. The Bertz CT molecular complexity index is 413. The van der Waals surface area contributed by atoms with E-state index in [2.05, 4.69) is 41.1 Å². The molecule has 0 spiro atoms. The van der Waals surface area contributed by atoms with E-state index in [9.17, 15) is 0 Å². The van der Waals surface area contributed by atoms with Gasteiger partial charge in [0.05, 0.1) is 6.42 Å². The van der Waals surface area contributed by atoms with Crippen molar-refractivity contribution in [3.8, 4) is 0 Å². The van der Waals surface area contributed by atoms with Crippen LogP contribution in [0.2, 0.25) is 0 Å². The lowest BCUT2D eigenvalue weighted by Crippen LogP contribution is -2.23. The number of hydrogen-bond donors (Lipinski definition) is 0. The average molecular weight is 170 g/mol. The van der Waals surface area contributed by atoms with Crippen LogP contribution in [0.1, 0.15) is 17.5 Å². The monoisotopic (exact) mass is 170 g/mol. The van der Waals surface area contributed by atoms with Crippen LogP contribution in [0, 0.1) is 0 Å². The molecule has 1 aromatic carbocycles. The van der Waals surface area contributed by atoms with Crippen LogP contribution in [0.4, 0.5) is 0 Å². The number of hydrogen-bond acceptors (Lipinski definition) is 0. The second-order valence-corrected chi connectivity index (χ2v) is 3.64. The summed E-state index contributed by atoms with van der Waals surface area (Å²) in [6.07, 6.45) is 6.75. The van der Waals surface area contributed by atoms with Crippen molar-refractivity contribution in [1.82, 2.24) is 0 Å². The zero-order chi connectivity index (χ0) is 8.67. The summed E-state index contributed by atoms with van der Waals surface area (Å²) in [4.78, 5) is 0. The minimum Gasteiger partial charge on any atom is -0.202 e. The minimum absolute atomic E-state index is 1.11. The van der Waals surface area contributed by atoms with Gasteiger partial charge in [-0.25, -0.2) is 4.58 Å². The Morgan fingerprint density at radius 2 is 2.08 bits per heavy atom. The highest BCUT2D eigenvalue weighted by Gasteiger charge is 2.25. The summed E-state index contributed by atoms with van der Waals surface area (Å²) in [5.74, 6) is 0. The Hall–Kier alpha value is -1.37. The Kier molecular flexibility index (Phi) is 1.39. The second kappa shape index (κ2) is 2.56. The van der Waals surface area contributed by atoms with Crippen LogP contribution in [0.5, 0.6) is 0 Å². The molecular formula is C12H12N+. The third-order valence-electron chi connectivity index (χ3n) is 2.89. The van der Waals surface area contributed by atoms with Crippen molar-refractivity contribution >= 4 is 5.71 Å². The number of nitrogens with zero attached hydrogens (tertiary/aromatic N) is 1. The largest absolute Gasteiger partial charge is 0.202 e. The molecule has 2 heterocycles. The Morgan fingerprint density at radius 3 is 3.08 bits per heavy atom. The van der Waals surface area contributed by atoms with Crippen molar-refractivity contribution in [3.63, 3.8) is 0 Å². The van der Waals surface area contributed by atoms with Crippen molar-refractivity contribution in [3.05, 3.63) is 47.7 Å². The fourth-order valence-corrected chi connectivity index (χ4v) is 2.23. The summed E-state index contributed by atoms with van der Waals surface area (Å²) in [6, 6.07) is 8.76. The van der Waals surface area contributed by atoms with Crippen LogP contribution < -0.4 is 0 Å². The highest BCUT2D eigenvalue weighted by Crippen LogP contribution is 2.20. The van der Waals surface area contributed by atoms with Crippen LogP contribution in [0.25, 0.3) is 0 Å². The predicted molar refractivity (Wildman–Crippen MR) is 53.1 cm³/mol. The second-order valence-electron chi connectivity index (χ2n) is 3.64. The van der Waals surface area contributed by atoms with Crippen molar-refractivity contribution in [1.29, 1.82) is 0 Å². The highest BCUT2D eigenvalue weighted by atomic mass is 15.0. The molecule has 0 unspecified atom stereocenters. The molecule has 0 aliphatic carbocycles. The normalized spacial score (nSPS) is 18.8.